The van der Waals surface area contributed by atoms with Gasteiger partial charge in [0.1, 0.15) is 20.2 Å². The molecule has 7 nitrogen and oxygen atoms in total. The van der Waals surface area contributed by atoms with E-state index in [1.807, 2.05) is 0 Å². The summed E-state index contributed by atoms with van der Waals surface area (Å²) in [6, 6.07) is 5.27. The first-order valence-electron chi connectivity index (χ1n) is 4.84. The van der Waals surface area contributed by atoms with Gasteiger partial charge in [0.05, 0.1) is 9.79 Å². The van der Waals surface area contributed by atoms with E-state index in [1.54, 1.807) is 0 Å². The van der Waals surface area contributed by atoms with Crippen LogP contribution >= 0.6 is 0 Å². The third-order valence-corrected chi connectivity index (χ3v) is 4.15. The molecule has 0 bridgehead atoms. The van der Waals surface area contributed by atoms with Crippen molar-refractivity contribution >= 4 is 36.7 Å². The van der Waals surface area contributed by atoms with Gasteiger partial charge in [-0.2, -0.15) is 0 Å². The monoisotopic (exact) mass is 347 g/mol. The first-order chi connectivity index (χ1) is 8.59. The second-order valence-electron chi connectivity index (χ2n) is 3.80. The molecule has 0 aliphatic rings. The predicted octanol–water partition coefficient (Wildman–Crippen LogP) is -5.76. The van der Waals surface area contributed by atoms with E-state index in [0.717, 1.165) is 24.3 Å². The second kappa shape index (κ2) is 7.26. The predicted molar refractivity (Wildman–Crippen MR) is 64.3 cm³/mol. The van der Waals surface area contributed by atoms with E-state index < -0.39 is 30.0 Å². The second-order valence-corrected chi connectivity index (χ2v) is 6.56. The minimum Gasteiger partial charge on any atom is -0.744 e. The van der Waals surface area contributed by atoms with Crippen LogP contribution in [0.4, 0.5) is 5.69 Å². The standard InChI is InChI=1S/C10H9NO6S2.2Na/c11-10-5-8(19(15,16)17)4-6-3-7(18(12,13)14)1-2-9(6)10;;/h1-5H,11H2,(H,12,13,14)(H,15,16,17);;/q;2*+1/p-2. The Kier molecular flexibility index (Phi) is 7.37. The van der Waals surface area contributed by atoms with E-state index in [9.17, 15) is 25.9 Å². The maximum Gasteiger partial charge on any atom is 1.00 e. The summed E-state index contributed by atoms with van der Waals surface area (Å²) < 4.78 is 65.4. The quantitative estimate of drug-likeness (QED) is 0.324. The Hall–Kier alpha value is 0.320. The molecule has 0 heterocycles. The summed E-state index contributed by atoms with van der Waals surface area (Å²) >= 11 is 0. The van der Waals surface area contributed by atoms with Crippen LogP contribution in [0.2, 0.25) is 0 Å². The van der Waals surface area contributed by atoms with Crippen LogP contribution in [0.25, 0.3) is 10.8 Å². The van der Waals surface area contributed by atoms with Gasteiger partial charge in [0, 0.05) is 11.1 Å². The van der Waals surface area contributed by atoms with Gasteiger partial charge in [0.15, 0.2) is 0 Å². The summed E-state index contributed by atoms with van der Waals surface area (Å²) in [6.45, 7) is 0. The van der Waals surface area contributed by atoms with Crippen LogP contribution in [-0.2, 0) is 20.2 Å². The Morgan fingerprint density at radius 1 is 0.810 bits per heavy atom. The van der Waals surface area contributed by atoms with E-state index >= 15 is 0 Å². The van der Waals surface area contributed by atoms with Crippen molar-refractivity contribution in [3.05, 3.63) is 30.3 Å². The fourth-order valence-electron chi connectivity index (χ4n) is 1.65. The minimum absolute atomic E-state index is 0. The van der Waals surface area contributed by atoms with Crippen LogP contribution in [0.15, 0.2) is 40.1 Å². The smallest absolute Gasteiger partial charge is 0.744 e. The normalized spacial score (nSPS) is 11.5. The average Bonchev–Trinajstić information content (AvgIpc) is 2.25. The molecule has 11 heteroatoms. The Morgan fingerprint density at radius 2 is 1.29 bits per heavy atom. The van der Waals surface area contributed by atoms with Crippen LogP contribution in [0.5, 0.6) is 0 Å². The molecule has 0 radical (unpaired) electrons. The zero-order chi connectivity index (χ0) is 14.4. The van der Waals surface area contributed by atoms with Crippen molar-refractivity contribution in [3.63, 3.8) is 0 Å². The molecule has 21 heavy (non-hydrogen) atoms. The van der Waals surface area contributed by atoms with Crippen LogP contribution in [0.1, 0.15) is 0 Å². The minimum atomic E-state index is -4.72. The van der Waals surface area contributed by atoms with Gasteiger partial charge in [-0.05, 0) is 29.7 Å². The summed E-state index contributed by atoms with van der Waals surface area (Å²) in [6.07, 6.45) is 0. The number of rotatable bonds is 2. The van der Waals surface area contributed by atoms with Crippen molar-refractivity contribution in [2.24, 2.45) is 0 Å². The molecule has 2 rings (SSSR count). The number of hydrogen-bond donors (Lipinski definition) is 1. The first-order valence-corrected chi connectivity index (χ1v) is 7.66. The molecule has 2 N–H and O–H groups in total. The van der Waals surface area contributed by atoms with Crippen molar-refractivity contribution in [3.8, 4) is 0 Å². The summed E-state index contributed by atoms with van der Waals surface area (Å²) in [5, 5.41) is 0.436. The third-order valence-electron chi connectivity index (χ3n) is 2.51. The number of nitrogens with two attached hydrogens (primary N) is 1. The van der Waals surface area contributed by atoms with Crippen molar-refractivity contribution in [1.82, 2.24) is 0 Å². The molecule has 2 aromatic rings. The fraction of sp³-hybridized carbons (Fsp3) is 0. The Balaban J connectivity index is 0.00000200. The SMILES string of the molecule is Nc1cc(S(=O)(=O)[O-])cc2cc(S(=O)(=O)[O-])ccc12.[Na+].[Na+]. The van der Waals surface area contributed by atoms with Crippen molar-refractivity contribution < 1.29 is 85.1 Å². The van der Waals surface area contributed by atoms with Crippen molar-refractivity contribution in [1.29, 1.82) is 0 Å². The molecule has 0 unspecified atom stereocenters. The molecule has 2 aromatic carbocycles. The zero-order valence-electron chi connectivity index (χ0n) is 11.2. The van der Waals surface area contributed by atoms with Gasteiger partial charge in [-0.1, -0.05) is 6.07 Å². The number of nitrogen functional groups attached to an aromatic ring is 1. The number of anilines is 1. The van der Waals surface area contributed by atoms with Crippen LogP contribution in [0, 0.1) is 0 Å². The van der Waals surface area contributed by atoms with Crippen molar-refractivity contribution in [2.75, 3.05) is 5.73 Å². The third kappa shape index (κ3) is 4.90. The molecule has 0 aliphatic carbocycles. The molecular formula is C10H7NNa2O6S2. The van der Waals surface area contributed by atoms with E-state index in [4.69, 9.17) is 5.73 Å². The molecule has 0 aromatic heterocycles. The van der Waals surface area contributed by atoms with E-state index in [1.165, 1.54) is 6.07 Å². The topological polar surface area (TPSA) is 140 Å². The molecule has 0 saturated heterocycles. The van der Waals surface area contributed by atoms with Gasteiger partial charge < -0.3 is 14.8 Å². The van der Waals surface area contributed by atoms with Crippen LogP contribution < -0.4 is 64.8 Å². The molecule has 0 saturated carbocycles. The van der Waals surface area contributed by atoms with Gasteiger partial charge in [0.2, 0.25) is 0 Å². The van der Waals surface area contributed by atoms with E-state index in [2.05, 4.69) is 0 Å². The van der Waals surface area contributed by atoms with Gasteiger partial charge in [-0.3, -0.25) is 0 Å². The maximum atomic E-state index is 10.9. The summed E-state index contributed by atoms with van der Waals surface area (Å²) in [7, 11) is -9.40. The van der Waals surface area contributed by atoms with Crippen LogP contribution in [0.3, 0.4) is 0 Å². The fourth-order valence-corrected chi connectivity index (χ4v) is 2.70. The van der Waals surface area contributed by atoms with Crippen molar-refractivity contribution in [2.45, 2.75) is 9.79 Å². The molecule has 0 atom stereocenters. The van der Waals surface area contributed by atoms with Gasteiger partial charge in [0.25, 0.3) is 0 Å². The number of benzene rings is 2. The van der Waals surface area contributed by atoms with Gasteiger partial charge in [-0.15, -0.1) is 0 Å². The van der Waals surface area contributed by atoms with E-state index in [0.29, 0.717) is 5.39 Å². The number of fused-ring (bicyclic) bond motifs is 1. The Bertz CT molecular complexity index is 875. The maximum absolute atomic E-state index is 10.9. The Labute approximate surface area is 166 Å². The molecule has 102 valence electrons. The molecule has 0 amide bonds. The number of hydrogen-bond acceptors (Lipinski definition) is 7. The summed E-state index contributed by atoms with van der Waals surface area (Å²) in [5.74, 6) is 0. The van der Waals surface area contributed by atoms with Gasteiger partial charge >= 0.3 is 59.1 Å². The molecular weight excluding hydrogens is 340 g/mol. The average molecular weight is 347 g/mol. The molecule has 0 fully saturated rings. The first kappa shape index (κ1) is 21.3. The summed E-state index contributed by atoms with van der Waals surface area (Å²) in [4.78, 5) is -1.11. The Morgan fingerprint density at radius 3 is 1.76 bits per heavy atom. The zero-order valence-corrected chi connectivity index (χ0v) is 16.9. The molecule has 0 spiro atoms. The summed E-state index contributed by atoms with van der Waals surface area (Å²) in [5.41, 5.74) is 5.58. The van der Waals surface area contributed by atoms with Gasteiger partial charge in [-0.25, -0.2) is 16.8 Å². The molecule has 0 aliphatic heterocycles. The van der Waals surface area contributed by atoms with Crippen LogP contribution in [-0.4, -0.2) is 25.9 Å². The largest absolute Gasteiger partial charge is 1.00 e. The van der Waals surface area contributed by atoms with E-state index in [-0.39, 0.29) is 70.2 Å².